The molecule has 0 atom stereocenters. The number of para-hydroxylation sites is 1. The number of aromatic nitrogens is 2. The van der Waals surface area contributed by atoms with E-state index in [0.29, 0.717) is 5.56 Å². The summed E-state index contributed by atoms with van der Waals surface area (Å²) < 4.78 is 1.83. The highest BCUT2D eigenvalue weighted by molar-refractivity contribution is 5.96. The van der Waals surface area contributed by atoms with Gasteiger partial charge in [0.25, 0.3) is 5.91 Å². The molecule has 0 fully saturated rings. The van der Waals surface area contributed by atoms with Crippen LogP contribution in [0.4, 0.5) is 0 Å². The topological polar surface area (TPSA) is 60.9 Å². The number of nitrogens with two attached hydrogens (primary N) is 1. The van der Waals surface area contributed by atoms with Gasteiger partial charge in [-0.05, 0) is 19.1 Å². The second-order valence-corrected chi connectivity index (χ2v) is 3.23. The zero-order valence-electron chi connectivity index (χ0n) is 8.34. The molecule has 0 saturated carbocycles. The van der Waals surface area contributed by atoms with Crippen molar-refractivity contribution in [3.8, 4) is 5.69 Å². The average molecular weight is 201 g/mol. The number of rotatable bonds is 2. The molecule has 0 aliphatic heterocycles. The molecule has 4 heteroatoms. The summed E-state index contributed by atoms with van der Waals surface area (Å²) in [4.78, 5) is 15.3. The van der Waals surface area contributed by atoms with Crippen LogP contribution in [0, 0.1) is 6.92 Å². The molecule has 0 aliphatic carbocycles. The van der Waals surface area contributed by atoms with E-state index in [-0.39, 0.29) is 0 Å². The molecule has 76 valence electrons. The molecule has 1 heterocycles. The highest BCUT2D eigenvalue weighted by Gasteiger charge is 2.09. The van der Waals surface area contributed by atoms with Crippen LogP contribution >= 0.6 is 0 Å². The largest absolute Gasteiger partial charge is 0.366 e. The Morgan fingerprint density at radius 2 is 2.13 bits per heavy atom. The lowest BCUT2D eigenvalue weighted by atomic mass is 10.1. The third kappa shape index (κ3) is 1.61. The van der Waals surface area contributed by atoms with Gasteiger partial charge in [0.2, 0.25) is 0 Å². The number of hydrogen-bond acceptors (Lipinski definition) is 2. The molecule has 0 aliphatic rings. The van der Waals surface area contributed by atoms with Gasteiger partial charge in [0.05, 0.1) is 11.3 Å². The number of imidazole rings is 1. The van der Waals surface area contributed by atoms with Crippen molar-refractivity contribution in [2.75, 3.05) is 0 Å². The second-order valence-electron chi connectivity index (χ2n) is 3.23. The Labute approximate surface area is 87.4 Å². The van der Waals surface area contributed by atoms with Crippen LogP contribution in [-0.4, -0.2) is 15.5 Å². The van der Waals surface area contributed by atoms with Crippen molar-refractivity contribution in [1.29, 1.82) is 0 Å². The van der Waals surface area contributed by atoms with Crippen LogP contribution in [0.1, 0.15) is 16.2 Å². The number of hydrogen-bond donors (Lipinski definition) is 1. The lowest BCUT2D eigenvalue weighted by Crippen LogP contribution is -2.14. The zero-order chi connectivity index (χ0) is 10.8. The van der Waals surface area contributed by atoms with Crippen molar-refractivity contribution in [2.45, 2.75) is 6.92 Å². The van der Waals surface area contributed by atoms with Crippen molar-refractivity contribution in [3.63, 3.8) is 0 Å². The molecule has 2 N–H and O–H groups in total. The van der Waals surface area contributed by atoms with Gasteiger partial charge in [-0.25, -0.2) is 4.98 Å². The van der Waals surface area contributed by atoms with E-state index in [4.69, 9.17) is 5.73 Å². The molecule has 0 spiro atoms. The van der Waals surface area contributed by atoms with Gasteiger partial charge in [-0.15, -0.1) is 0 Å². The Kier molecular flexibility index (Phi) is 2.25. The molecule has 1 amide bonds. The number of nitrogens with zero attached hydrogens (tertiary/aromatic N) is 2. The Bertz CT molecular complexity index is 502. The summed E-state index contributed by atoms with van der Waals surface area (Å²) in [7, 11) is 0. The normalized spacial score (nSPS) is 10.2. The Hall–Kier alpha value is -2.10. The van der Waals surface area contributed by atoms with Gasteiger partial charge in [0.1, 0.15) is 5.82 Å². The van der Waals surface area contributed by atoms with Crippen LogP contribution in [0.25, 0.3) is 5.69 Å². The summed E-state index contributed by atoms with van der Waals surface area (Å²) >= 11 is 0. The fourth-order valence-corrected chi connectivity index (χ4v) is 1.52. The van der Waals surface area contributed by atoms with Crippen LogP contribution in [0.5, 0.6) is 0 Å². The van der Waals surface area contributed by atoms with Crippen LogP contribution < -0.4 is 5.73 Å². The van der Waals surface area contributed by atoms with Crippen LogP contribution in [0.2, 0.25) is 0 Å². The van der Waals surface area contributed by atoms with Gasteiger partial charge in [-0.3, -0.25) is 4.79 Å². The molecular weight excluding hydrogens is 190 g/mol. The fraction of sp³-hybridized carbons (Fsp3) is 0.0909. The molecule has 1 aromatic heterocycles. The van der Waals surface area contributed by atoms with Crippen molar-refractivity contribution in [1.82, 2.24) is 9.55 Å². The van der Waals surface area contributed by atoms with E-state index in [0.717, 1.165) is 11.5 Å². The maximum atomic E-state index is 11.2. The lowest BCUT2D eigenvalue weighted by Gasteiger charge is -2.08. The van der Waals surface area contributed by atoms with E-state index >= 15 is 0 Å². The molecule has 1 aromatic carbocycles. The third-order valence-electron chi connectivity index (χ3n) is 2.25. The second kappa shape index (κ2) is 3.57. The van der Waals surface area contributed by atoms with Gasteiger partial charge >= 0.3 is 0 Å². The van der Waals surface area contributed by atoms with E-state index in [1.165, 1.54) is 0 Å². The number of primary amides is 1. The Balaban J connectivity index is 2.63. The van der Waals surface area contributed by atoms with Crippen molar-refractivity contribution >= 4 is 5.91 Å². The van der Waals surface area contributed by atoms with Gasteiger partial charge in [0, 0.05) is 12.4 Å². The summed E-state index contributed by atoms with van der Waals surface area (Å²) in [6.45, 7) is 1.87. The number of benzene rings is 1. The lowest BCUT2D eigenvalue weighted by molar-refractivity contribution is 0.100. The fourth-order valence-electron chi connectivity index (χ4n) is 1.52. The number of aryl methyl sites for hydroxylation is 1. The average Bonchev–Trinajstić information content (AvgIpc) is 2.64. The highest BCUT2D eigenvalue weighted by Crippen LogP contribution is 2.15. The summed E-state index contributed by atoms with van der Waals surface area (Å²) in [5.41, 5.74) is 6.56. The number of carbonyl (C=O) groups is 1. The maximum absolute atomic E-state index is 11.2. The van der Waals surface area contributed by atoms with E-state index in [2.05, 4.69) is 4.98 Å². The molecule has 0 radical (unpaired) electrons. The molecule has 15 heavy (non-hydrogen) atoms. The molecule has 0 unspecified atom stereocenters. The molecule has 0 bridgehead atoms. The van der Waals surface area contributed by atoms with Gasteiger partial charge < -0.3 is 10.3 Å². The first-order chi connectivity index (χ1) is 7.20. The first-order valence-electron chi connectivity index (χ1n) is 4.59. The molecule has 0 saturated heterocycles. The predicted molar refractivity (Wildman–Crippen MR) is 56.8 cm³/mol. The summed E-state index contributed by atoms with van der Waals surface area (Å²) in [5, 5.41) is 0. The van der Waals surface area contributed by atoms with Crippen LogP contribution in [0.15, 0.2) is 36.7 Å². The first-order valence-corrected chi connectivity index (χ1v) is 4.59. The van der Waals surface area contributed by atoms with Crippen LogP contribution in [0.3, 0.4) is 0 Å². The van der Waals surface area contributed by atoms with E-state index in [9.17, 15) is 4.79 Å². The van der Waals surface area contributed by atoms with Crippen molar-refractivity contribution < 1.29 is 4.79 Å². The SMILES string of the molecule is Cc1nccn1-c1ccccc1C(N)=O. The van der Waals surface area contributed by atoms with Crippen molar-refractivity contribution in [2.24, 2.45) is 5.73 Å². The maximum Gasteiger partial charge on any atom is 0.250 e. The van der Waals surface area contributed by atoms with E-state index in [1.54, 1.807) is 24.5 Å². The van der Waals surface area contributed by atoms with Gasteiger partial charge in [-0.1, -0.05) is 12.1 Å². The van der Waals surface area contributed by atoms with E-state index in [1.807, 2.05) is 23.6 Å². The number of carbonyl (C=O) groups excluding carboxylic acids is 1. The minimum absolute atomic E-state index is 0.432. The predicted octanol–water partition coefficient (Wildman–Crippen LogP) is 1.28. The Morgan fingerprint density at radius 3 is 2.73 bits per heavy atom. The molecular formula is C11H11N3O. The minimum atomic E-state index is -0.432. The molecule has 2 rings (SSSR count). The standard InChI is InChI=1S/C11H11N3O/c1-8-13-6-7-14(8)10-5-3-2-4-9(10)11(12)15/h2-7H,1H3,(H2,12,15). The monoisotopic (exact) mass is 201 g/mol. The summed E-state index contributed by atoms with van der Waals surface area (Å²) in [6, 6.07) is 7.20. The van der Waals surface area contributed by atoms with E-state index < -0.39 is 5.91 Å². The number of amides is 1. The minimum Gasteiger partial charge on any atom is -0.366 e. The molecule has 2 aromatic rings. The first kappa shape index (κ1) is 9.45. The smallest absolute Gasteiger partial charge is 0.250 e. The van der Waals surface area contributed by atoms with Gasteiger partial charge in [0.15, 0.2) is 0 Å². The summed E-state index contributed by atoms with van der Waals surface area (Å²) in [5.74, 6) is 0.391. The molecule has 4 nitrogen and oxygen atoms in total. The quantitative estimate of drug-likeness (QED) is 0.795. The van der Waals surface area contributed by atoms with Crippen LogP contribution in [-0.2, 0) is 0 Å². The van der Waals surface area contributed by atoms with Crippen molar-refractivity contribution in [3.05, 3.63) is 48.0 Å². The summed E-state index contributed by atoms with van der Waals surface area (Å²) in [6.07, 6.45) is 3.49. The highest BCUT2D eigenvalue weighted by atomic mass is 16.1. The zero-order valence-corrected chi connectivity index (χ0v) is 8.34. The van der Waals surface area contributed by atoms with Gasteiger partial charge in [-0.2, -0.15) is 0 Å². The Morgan fingerprint density at radius 1 is 1.40 bits per heavy atom. The third-order valence-corrected chi connectivity index (χ3v) is 2.25.